The van der Waals surface area contributed by atoms with E-state index in [2.05, 4.69) is 0 Å². The number of hydrogen-bond acceptors (Lipinski definition) is 2. The van der Waals surface area contributed by atoms with Crippen LogP contribution in [-0.4, -0.2) is 22.3 Å². The number of carbonyl (C=O) groups is 1. The van der Waals surface area contributed by atoms with Crippen molar-refractivity contribution in [2.75, 3.05) is 0 Å². The van der Waals surface area contributed by atoms with Gasteiger partial charge in [-0.05, 0) is 12.5 Å². The van der Waals surface area contributed by atoms with E-state index in [0.29, 0.717) is 0 Å². The molecule has 15 heavy (non-hydrogen) atoms. The Morgan fingerprint density at radius 2 is 2.00 bits per heavy atom. The minimum Gasteiger partial charge on any atom is -0.479 e. The molecule has 2 N–H and O–H groups in total. The van der Waals surface area contributed by atoms with E-state index in [1.54, 1.807) is 13.8 Å². The van der Waals surface area contributed by atoms with Crippen LogP contribution in [0.1, 0.15) is 25.0 Å². The van der Waals surface area contributed by atoms with Crippen LogP contribution in [0.2, 0.25) is 0 Å². The minimum absolute atomic E-state index is 0.780. The van der Waals surface area contributed by atoms with Crippen LogP contribution in [0.4, 0.5) is 0 Å². The molecule has 0 saturated carbocycles. The first-order chi connectivity index (χ1) is 6.85. The van der Waals surface area contributed by atoms with Gasteiger partial charge in [0.2, 0.25) is 0 Å². The van der Waals surface area contributed by atoms with Gasteiger partial charge >= 0.3 is 5.97 Å². The molecular weight excluding hydrogens is 192 g/mol. The summed E-state index contributed by atoms with van der Waals surface area (Å²) in [4.78, 5) is 10.8. The molecule has 0 amide bonds. The minimum atomic E-state index is -1.39. The highest BCUT2D eigenvalue weighted by atomic mass is 16.4. The maximum atomic E-state index is 10.8. The zero-order valence-corrected chi connectivity index (χ0v) is 9.19. The van der Waals surface area contributed by atoms with Gasteiger partial charge in [-0.1, -0.05) is 43.7 Å². The SMILES string of the molecule is Cc1cccc(C(C)(C)C(O)C(=O)O)c1. The number of aliphatic carboxylic acids is 1. The van der Waals surface area contributed by atoms with Crippen molar-refractivity contribution in [2.45, 2.75) is 32.3 Å². The maximum Gasteiger partial charge on any atom is 0.333 e. The number of carboxylic acids is 1. The van der Waals surface area contributed by atoms with Gasteiger partial charge in [0.15, 0.2) is 6.10 Å². The molecule has 1 aromatic carbocycles. The molecule has 0 aliphatic carbocycles. The lowest BCUT2D eigenvalue weighted by atomic mass is 9.79. The van der Waals surface area contributed by atoms with Crippen LogP contribution >= 0.6 is 0 Å². The van der Waals surface area contributed by atoms with Gasteiger partial charge in [-0.25, -0.2) is 4.79 Å². The summed E-state index contributed by atoms with van der Waals surface area (Å²) in [5.41, 5.74) is 1.10. The third-order valence-electron chi connectivity index (χ3n) is 2.68. The summed E-state index contributed by atoms with van der Waals surface area (Å²) in [5.74, 6) is -1.19. The zero-order chi connectivity index (χ0) is 11.6. The molecule has 1 aromatic rings. The molecular formula is C12H16O3. The van der Waals surface area contributed by atoms with Gasteiger partial charge in [0, 0.05) is 5.41 Å². The molecule has 1 unspecified atom stereocenters. The van der Waals surface area contributed by atoms with E-state index in [9.17, 15) is 9.90 Å². The van der Waals surface area contributed by atoms with Crippen molar-refractivity contribution in [1.29, 1.82) is 0 Å². The van der Waals surface area contributed by atoms with E-state index in [0.717, 1.165) is 11.1 Å². The number of aliphatic hydroxyl groups is 1. The largest absolute Gasteiger partial charge is 0.479 e. The molecule has 0 aliphatic rings. The predicted octanol–water partition coefficient (Wildman–Crippen LogP) is 1.72. The van der Waals surface area contributed by atoms with Gasteiger partial charge in [-0.2, -0.15) is 0 Å². The van der Waals surface area contributed by atoms with E-state index < -0.39 is 17.5 Å². The van der Waals surface area contributed by atoms with Gasteiger partial charge in [0.05, 0.1) is 0 Å². The first-order valence-electron chi connectivity index (χ1n) is 4.83. The fourth-order valence-electron chi connectivity index (χ4n) is 1.51. The first kappa shape index (κ1) is 11.7. The lowest BCUT2D eigenvalue weighted by molar-refractivity contribution is -0.150. The Morgan fingerprint density at radius 1 is 1.40 bits per heavy atom. The molecule has 0 spiro atoms. The average molecular weight is 208 g/mol. The lowest BCUT2D eigenvalue weighted by Gasteiger charge is -2.28. The highest BCUT2D eigenvalue weighted by Crippen LogP contribution is 2.27. The summed E-state index contributed by atoms with van der Waals surface area (Å²) in [7, 11) is 0. The predicted molar refractivity (Wildman–Crippen MR) is 57.8 cm³/mol. The topological polar surface area (TPSA) is 57.5 Å². The van der Waals surface area contributed by atoms with Crippen LogP contribution in [0.15, 0.2) is 24.3 Å². The van der Waals surface area contributed by atoms with E-state index in [1.807, 2.05) is 31.2 Å². The normalized spacial score (nSPS) is 13.6. The average Bonchev–Trinajstić information content (AvgIpc) is 2.16. The summed E-state index contributed by atoms with van der Waals surface area (Å²) in [6.07, 6.45) is -1.39. The second-order valence-electron chi connectivity index (χ2n) is 4.33. The van der Waals surface area contributed by atoms with Crippen LogP contribution in [-0.2, 0) is 10.2 Å². The standard InChI is InChI=1S/C12H16O3/c1-8-5-4-6-9(7-8)12(2,3)10(13)11(14)15/h4-7,10,13H,1-3H3,(H,14,15). The van der Waals surface area contributed by atoms with Crippen LogP contribution < -0.4 is 0 Å². The fourth-order valence-corrected chi connectivity index (χ4v) is 1.51. The number of rotatable bonds is 3. The second kappa shape index (κ2) is 4.03. The monoisotopic (exact) mass is 208 g/mol. The molecule has 3 nitrogen and oxygen atoms in total. The van der Waals surface area contributed by atoms with Crippen molar-refractivity contribution in [3.05, 3.63) is 35.4 Å². The maximum absolute atomic E-state index is 10.8. The molecule has 0 radical (unpaired) electrons. The molecule has 1 rings (SSSR count). The van der Waals surface area contributed by atoms with Crippen LogP contribution in [0.25, 0.3) is 0 Å². The van der Waals surface area contributed by atoms with Crippen LogP contribution in [0, 0.1) is 6.92 Å². The van der Waals surface area contributed by atoms with Gasteiger partial charge < -0.3 is 10.2 Å². The number of aryl methyl sites for hydroxylation is 1. The lowest BCUT2D eigenvalue weighted by Crippen LogP contribution is -2.39. The summed E-state index contributed by atoms with van der Waals surface area (Å²) >= 11 is 0. The van der Waals surface area contributed by atoms with Crippen molar-refractivity contribution in [2.24, 2.45) is 0 Å². The smallest absolute Gasteiger partial charge is 0.333 e. The third kappa shape index (κ3) is 2.36. The van der Waals surface area contributed by atoms with E-state index in [1.165, 1.54) is 0 Å². The Bertz CT molecular complexity index is 369. The van der Waals surface area contributed by atoms with Gasteiger partial charge in [-0.3, -0.25) is 0 Å². The summed E-state index contributed by atoms with van der Waals surface area (Å²) in [6, 6.07) is 7.53. The van der Waals surface area contributed by atoms with Gasteiger partial charge in [0.1, 0.15) is 0 Å². The Kier molecular flexibility index (Phi) is 3.15. The molecule has 0 saturated heterocycles. The van der Waals surface area contributed by atoms with Crippen molar-refractivity contribution in [3.8, 4) is 0 Å². The van der Waals surface area contributed by atoms with Crippen molar-refractivity contribution in [3.63, 3.8) is 0 Å². The van der Waals surface area contributed by atoms with Gasteiger partial charge in [-0.15, -0.1) is 0 Å². The Hall–Kier alpha value is -1.35. The van der Waals surface area contributed by atoms with Crippen molar-refractivity contribution in [1.82, 2.24) is 0 Å². The van der Waals surface area contributed by atoms with E-state index in [-0.39, 0.29) is 0 Å². The molecule has 0 fully saturated rings. The molecule has 3 heteroatoms. The molecule has 0 heterocycles. The van der Waals surface area contributed by atoms with E-state index in [4.69, 9.17) is 5.11 Å². The van der Waals surface area contributed by atoms with Crippen LogP contribution in [0.5, 0.6) is 0 Å². The number of hydrogen-bond donors (Lipinski definition) is 2. The highest BCUT2D eigenvalue weighted by molar-refractivity contribution is 5.74. The Balaban J connectivity index is 3.10. The molecule has 0 aliphatic heterocycles. The van der Waals surface area contributed by atoms with Crippen molar-refractivity contribution < 1.29 is 15.0 Å². The zero-order valence-electron chi connectivity index (χ0n) is 9.19. The molecule has 0 aromatic heterocycles. The molecule has 0 bridgehead atoms. The van der Waals surface area contributed by atoms with Crippen LogP contribution in [0.3, 0.4) is 0 Å². The summed E-state index contributed by atoms with van der Waals surface area (Å²) in [5, 5.41) is 18.4. The van der Waals surface area contributed by atoms with E-state index >= 15 is 0 Å². The number of aliphatic hydroxyl groups excluding tert-OH is 1. The molecule has 82 valence electrons. The first-order valence-corrected chi connectivity index (χ1v) is 4.83. The second-order valence-corrected chi connectivity index (χ2v) is 4.33. The Morgan fingerprint density at radius 3 is 2.47 bits per heavy atom. The molecule has 1 atom stereocenters. The Labute approximate surface area is 89.4 Å². The van der Waals surface area contributed by atoms with Gasteiger partial charge in [0.25, 0.3) is 0 Å². The fraction of sp³-hybridized carbons (Fsp3) is 0.417. The summed E-state index contributed by atoms with van der Waals surface area (Å²) < 4.78 is 0. The third-order valence-corrected chi connectivity index (χ3v) is 2.68. The quantitative estimate of drug-likeness (QED) is 0.795. The highest BCUT2D eigenvalue weighted by Gasteiger charge is 2.34. The van der Waals surface area contributed by atoms with Crippen molar-refractivity contribution >= 4 is 5.97 Å². The number of benzene rings is 1. The number of carboxylic acid groups (broad SMARTS) is 1. The summed E-state index contributed by atoms with van der Waals surface area (Å²) in [6.45, 7) is 5.38.